The van der Waals surface area contributed by atoms with Crippen LogP contribution in [0.4, 0.5) is 0 Å². The lowest BCUT2D eigenvalue weighted by Crippen LogP contribution is -2.24. The fourth-order valence-corrected chi connectivity index (χ4v) is 1.63. The second-order valence-electron chi connectivity index (χ2n) is 4.35. The van der Waals surface area contributed by atoms with Gasteiger partial charge in [-0.15, -0.1) is 0 Å². The minimum absolute atomic E-state index is 0.0574. The highest BCUT2D eigenvalue weighted by Gasteiger charge is 2.11. The molecule has 2 aromatic rings. The highest BCUT2D eigenvalue weighted by molar-refractivity contribution is 5.91. The number of aromatic hydroxyl groups is 1. The third-order valence-electron chi connectivity index (χ3n) is 2.79. The molecule has 0 fully saturated rings. The number of esters is 1. The first-order valence-corrected chi connectivity index (χ1v) is 6.54. The maximum Gasteiger partial charge on any atom is 0.343 e. The van der Waals surface area contributed by atoms with Gasteiger partial charge in [-0.3, -0.25) is 4.79 Å². The fourth-order valence-electron chi connectivity index (χ4n) is 1.63. The monoisotopic (exact) mass is 301 g/mol. The van der Waals surface area contributed by atoms with Crippen molar-refractivity contribution < 1.29 is 24.2 Å². The van der Waals surface area contributed by atoms with Crippen molar-refractivity contribution in [2.75, 3.05) is 13.7 Å². The highest BCUT2D eigenvalue weighted by atomic mass is 16.5. The van der Waals surface area contributed by atoms with Gasteiger partial charge in [-0.2, -0.15) is 0 Å². The smallest absolute Gasteiger partial charge is 0.343 e. The van der Waals surface area contributed by atoms with E-state index in [1.165, 1.54) is 25.2 Å². The van der Waals surface area contributed by atoms with E-state index < -0.39 is 5.97 Å². The van der Waals surface area contributed by atoms with E-state index in [4.69, 9.17) is 9.47 Å². The van der Waals surface area contributed by atoms with Crippen LogP contribution in [0.2, 0.25) is 0 Å². The molecule has 0 atom stereocenters. The highest BCUT2D eigenvalue weighted by Crippen LogP contribution is 2.30. The largest absolute Gasteiger partial charge is 0.504 e. The second-order valence-corrected chi connectivity index (χ2v) is 4.35. The molecule has 1 amide bonds. The van der Waals surface area contributed by atoms with Gasteiger partial charge < -0.3 is 19.9 Å². The molecule has 0 aliphatic heterocycles. The Bertz CT molecular complexity index is 669. The average molecular weight is 301 g/mol. The Morgan fingerprint density at radius 3 is 2.55 bits per heavy atom. The van der Waals surface area contributed by atoms with Gasteiger partial charge in [-0.1, -0.05) is 18.2 Å². The van der Waals surface area contributed by atoms with Crippen LogP contribution in [0.3, 0.4) is 0 Å². The van der Waals surface area contributed by atoms with Crippen LogP contribution in [-0.4, -0.2) is 30.6 Å². The molecule has 114 valence electrons. The predicted octanol–water partition coefficient (Wildman–Crippen LogP) is 1.74. The van der Waals surface area contributed by atoms with E-state index in [-0.39, 0.29) is 29.8 Å². The molecule has 0 saturated carbocycles. The van der Waals surface area contributed by atoms with Crippen molar-refractivity contribution in [2.24, 2.45) is 0 Å². The van der Waals surface area contributed by atoms with Crippen LogP contribution >= 0.6 is 0 Å². The van der Waals surface area contributed by atoms with Gasteiger partial charge in [0.05, 0.1) is 5.56 Å². The van der Waals surface area contributed by atoms with Gasteiger partial charge in [0.2, 0.25) is 0 Å². The molecule has 0 aliphatic rings. The molecule has 2 aromatic carbocycles. The van der Waals surface area contributed by atoms with Crippen molar-refractivity contribution in [2.45, 2.75) is 0 Å². The van der Waals surface area contributed by atoms with Crippen LogP contribution in [-0.2, 0) is 4.79 Å². The summed E-state index contributed by atoms with van der Waals surface area (Å²) in [5.41, 5.74) is 0.406. The Hall–Kier alpha value is -3.02. The third kappa shape index (κ3) is 3.99. The maximum atomic E-state index is 11.9. The van der Waals surface area contributed by atoms with Gasteiger partial charge in [-0.05, 0) is 24.3 Å². The molecule has 0 bridgehead atoms. The zero-order valence-corrected chi connectivity index (χ0v) is 11.9. The Balaban J connectivity index is 2.09. The molecule has 0 aromatic heterocycles. The number of benzene rings is 2. The summed E-state index contributed by atoms with van der Waals surface area (Å²) in [5.74, 6) is -0.751. The lowest BCUT2D eigenvalue weighted by atomic mass is 10.2. The number of phenolic OH excluding ortho intramolecular Hbond substituents is 1. The predicted molar refractivity (Wildman–Crippen MR) is 79.1 cm³/mol. The molecule has 2 rings (SSSR count). The molecular weight excluding hydrogens is 286 g/mol. The lowest BCUT2D eigenvalue weighted by molar-refractivity contribution is -0.122. The van der Waals surface area contributed by atoms with Crippen LogP contribution in [0.15, 0.2) is 48.5 Å². The molecule has 0 radical (unpaired) electrons. The first-order valence-electron chi connectivity index (χ1n) is 6.54. The van der Waals surface area contributed by atoms with E-state index >= 15 is 0 Å². The number of ether oxygens (including phenoxy) is 2. The van der Waals surface area contributed by atoms with E-state index in [2.05, 4.69) is 5.32 Å². The number of carbonyl (C=O) groups is 2. The number of carbonyl (C=O) groups excluding carboxylic acids is 2. The first-order chi connectivity index (χ1) is 10.6. The summed E-state index contributed by atoms with van der Waals surface area (Å²) in [6.07, 6.45) is 0. The molecule has 2 N–H and O–H groups in total. The van der Waals surface area contributed by atoms with Crippen molar-refractivity contribution in [1.82, 2.24) is 5.32 Å². The first kappa shape index (κ1) is 15.4. The molecule has 22 heavy (non-hydrogen) atoms. The van der Waals surface area contributed by atoms with E-state index in [0.717, 1.165) is 0 Å². The van der Waals surface area contributed by atoms with Crippen LogP contribution < -0.4 is 14.8 Å². The van der Waals surface area contributed by atoms with Crippen LogP contribution in [0, 0.1) is 0 Å². The minimum atomic E-state index is -0.524. The number of hydrogen-bond acceptors (Lipinski definition) is 5. The zero-order valence-electron chi connectivity index (χ0n) is 11.9. The van der Waals surface area contributed by atoms with Gasteiger partial charge >= 0.3 is 5.97 Å². The standard InChI is InChI=1S/C16H15NO5/c1-17-15(19)10-21-14-9-12(7-8-13(14)18)22-16(20)11-5-3-2-4-6-11/h2-9,18H,10H2,1H3,(H,17,19). The minimum Gasteiger partial charge on any atom is -0.504 e. The van der Waals surface area contributed by atoms with Crippen molar-refractivity contribution in [1.29, 1.82) is 0 Å². The second kappa shape index (κ2) is 7.12. The number of phenols is 1. The molecule has 0 unspecified atom stereocenters. The quantitative estimate of drug-likeness (QED) is 0.649. The lowest BCUT2D eigenvalue weighted by Gasteiger charge is -2.09. The third-order valence-corrected chi connectivity index (χ3v) is 2.79. The number of rotatable bonds is 5. The van der Waals surface area contributed by atoms with Gasteiger partial charge in [0.1, 0.15) is 5.75 Å². The van der Waals surface area contributed by atoms with Crippen molar-refractivity contribution in [3.8, 4) is 17.2 Å². The maximum absolute atomic E-state index is 11.9. The summed E-state index contributed by atoms with van der Waals surface area (Å²) in [5, 5.41) is 12.1. The topological polar surface area (TPSA) is 84.9 Å². The van der Waals surface area contributed by atoms with Gasteiger partial charge in [-0.25, -0.2) is 4.79 Å². The zero-order chi connectivity index (χ0) is 15.9. The SMILES string of the molecule is CNC(=O)COc1cc(OC(=O)c2ccccc2)ccc1O. The Morgan fingerprint density at radius 2 is 1.86 bits per heavy atom. The summed E-state index contributed by atoms with van der Waals surface area (Å²) in [7, 11) is 1.48. The normalized spacial score (nSPS) is 9.86. The molecule has 6 nitrogen and oxygen atoms in total. The summed E-state index contributed by atoms with van der Waals surface area (Å²) in [6.45, 7) is -0.250. The Labute approximate surface area is 127 Å². The number of likely N-dealkylation sites (N-methyl/N-ethyl adjacent to an activating group) is 1. The molecule has 0 heterocycles. The van der Waals surface area contributed by atoms with Gasteiger partial charge in [0.15, 0.2) is 18.1 Å². The summed E-state index contributed by atoms with van der Waals surface area (Å²) in [6, 6.07) is 12.6. The summed E-state index contributed by atoms with van der Waals surface area (Å²) >= 11 is 0. The molecule has 0 saturated heterocycles. The van der Waals surface area contributed by atoms with Crippen molar-refractivity contribution in [3.63, 3.8) is 0 Å². The fraction of sp³-hybridized carbons (Fsp3) is 0.125. The average Bonchev–Trinajstić information content (AvgIpc) is 2.55. The molecular formula is C16H15NO5. The van der Waals surface area contributed by atoms with Gasteiger partial charge in [0, 0.05) is 13.1 Å². The molecule has 0 spiro atoms. The Morgan fingerprint density at radius 1 is 1.14 bits per heavy atom. The van der Waals surface area contributed by atoms with Crippen molar-refractivity contribution >= 4 is 11.9 Å². The molecule has 0 aliphatic carbocycles. The van der Waals surface area contributed by atoms with Crippen LogP contribution in [0.1, 0.15) is 10.4 Å². The van der Waals surface area contributed by atoms with Crippen LogP contribution in [0.5, 0.6) is 17.2 Å². The van der Waals surface area contributed by atoms with Crippen molar-refractivity contribution in [3.05, 3.63) is 54.1 Å². The number of hydrogen-bond donors (Lipinski definition) is 2. The molecule has 6 heteroatoms. The summed E-state index contributed by atoms with van der Waals surface area (Å²) in [4.78, 5) is 23.1. The van der Waals surface area contributed by atoms with Crippen LogP contribution in [0.25, 0.3) is 0 Å². The van der Waals surface area contributed by atoms with E-state index in [9.17, 15) is 14.7 Å². The van der Waals surface area contributed by atoms with E-state index in [0.29, 0.717) is 5.56 Å². The summed E-state index contributed by atoms with van der Waals surface area (Å²) < 4.78 is 10.4. The number of nitrogens with one attached hydrogen (secondary N) is 1. The Kier molecular flexibility index (Phi) is 4.98. The van der Waals surface area contributed by atoms with E-state index in [1.807, 2.05) is 0 Å². The van der Waals surface area contributed by atoms with E-state index in [1.54, 1.807) is 30.3 Å². The van der Waals surface area contributed by atoms with Gasteiger partial charge in [0.25, 0.3) is 5.91 Å². The number of amides is 1.